The lowest BCUT2D eigenvalue weighted by Crippen LogP contribution is -2.43. The highest BCUT2D eigenvalue weighted by molar-refractivity contribution is 6.34. The number of halogens is 6. The number of hydrogen-bond acceptors (Lipinski definition) is 8. The predicted molar refractivity (Wildman–Crippen MR) is 157 cm³/mol. The first-order valence-electron chi connectivity index (χ1n) is 15.0. The van der Waals surface area contributed by atoms with Crippen LogP contribution in [-0.4, -0.2) is 76.4 Å². The van der Waals surface area contributed by atoms with E-state index in [-0.39, 0.29) is 46.0 Å². The molecule has 7 rings (SSSR count). The van der Waals surface area contributed by atoms with Crippen LogP contribution in [0.1, 0.15) is 49.7 Å². The van der Waals surface area contributed by atoms with Crippen LogP contribution in [0.2, 0.25) is 5.02 Å². The van der Waals surface area contributed by atoms with Crippen molar-refractivity contribution in [3.63, 3.8) is 0 Å². The Hall–Kier alpha value is -3.03. The van der Waals surface area contributed by atoms with E-state index in [1.807, 2.05) is 4.90 Å². The minimum Gasteiger partial charge on any atom is -0.461 e. The number of benzene rings is 1. The number of alkyl halides is 4. The van der Waals surface area contributed by atoms with Gasteiger partial charge in [-0.2, -0.15) is 23.1 Å². The molecule has 4 aliphatic heterocycles. The third kappa shape index (κ3) is 5.10. The van der Waals surface area contributed by atoms with E-state index in [1.165, 1.54) is 13.0 Å². The summed E-state index contributed by atoms with van der Waals surface area (Å²) in [7, 11) is 0. The van der Waals surface area contributed by atoms with Crippen LogP contribution in [0.25, 0.3) is 22.2 Å². The number of nitrogens with zero attached hydrogens (tertiary/aromatic N) is 5. The van der Waals surface area contributed by atoms with E-state index in [1.54, 1.807) is 0 Å². The van der Waals surface area contributed by atoms with Crippen LogP contribution in [0, 0.1) is 12.7 Å². The highest BCUT2D eigenvalue weighted by Crippen LogP contribution is 2.45. The lowest BCUT2D eigenvalue weighted by Gasteiger charge is -2.31. The number of hydrogen-bond donors (Lipinski definition) is 2. The van der Waals surface area contributed by atoms with Crippen molar-refractivity contribution in [2.24, 2.45) is 0 Å². The van der Waals surface area contributed by atoms with Gasteiger partial charge in [-0.25, -0.2) is 13.8 Å². The molecular formula is C30H33ClF5N7O. The second-order valence-corrected chi connectivity index (χ2v) is 13.0. The van der Waals surface area contributed by atoms with Gasteiger partial charge >= 0.3 is 12.2 Å². The Morgan fingerprint density at radius 1 is 1.11 bits per heavy atom. The standard InChI is InChI=1S/C30H33ClF5N7O/c1-15-9-21(37)39-26(23(15)30(34,35)36)22-20(31)10-19-25(24(22)33)40-28(44-14-29-6-2-7-43(29)12-16(32)11-29)41-27(19)42-8-5-17-3-4-18(13-42)38-17/h9-10,16-18,38H,2-8,11-14H2,1H3,(H2,37,39)/t16-,17-,18+,29-/m1/s1. The Kier molecular flexibility index (Phi) is 7.28. The average Bonchev–Trinajstić information content (AvgIpc) is 3.57. The molecule has 0 spiro atoms. The number of nitrogen functional groups attached to an aromatic ring is 1. The third-order valence-electron chi connectivity index (χ3n) is 9.65. The Morgan fingerprint density at radius 3 is 2.70 bits per heavy atom. The zero-order valence-corrected chi connectivity index (χ0v) is 24.9. The normalized spacial score (nSPS) is 27.2. The third-order valence-corrected chi connectivity index (χ3v) is 9.95. The number of anilines is 2. The summed E-state index contributed by atoms with van der Waals surface area (Å²) in [6.45, 7) is 3.67. The number of aryl methyl sites for hydroxylation is 1. The van der Waals surface area contributed by atoms with Gasteiger partial charge < -0.3 is 20.7 Å². The number of pyridine rings is 1. The molecule has 0 saturated carbocycles. The van der Waals surface area contributed by atoms with Crippen LogP contribution in [-0.2, 0) is 6.18 Å². The molecule has 4 aliphatic rings. The topological polar surface area (TPSA) is 92.4 Å². The van der Waals surface area contributed by atoms with Crippen molar-refractivity contribution in [3.8, 4) is 17.3 Å². The molecule has 3 aromatic rings. The summed E-state index contributed by atoms with van der Waals surface area (Å²) >= 11 is 6.59. The number of fused-ring (bicyclic) bond motifs is 4. The first kappa shape index (κ1) is 29.7. The molecule has 0 radical (unpaired) electrons. The highest BCUT2D eigenvalue weighted by Gasteiger charge is 2.49. The fourth-order valence-electron chi connectivity index (χ4n) is 7.70. The van der Waals surface area contributed by atoms with E-state index in [9.17, 15) is 17.6 Å². The van der Waals surface area contributed by atoms with Gasteiger partial charge in [0, 0.05) is 43.5 Å². The summed E-state index contributed by atoms with van der Waals surface area (Å²) in [6, 6.07) is 2.92. The van der Waals surface area contributed by atoms with Crippen molar-refractivity contribution in [3.05, 3.63) is 34.1 Å². The summed E-state index contributed by atoms with van der Waals surface area (Å²) in [4.78, 5) is 17.1. The summed E-state index contributed by atoms with van der Waals surface area (Å²) in [5, 5.41) is 3.59. The van der Waals surface area contributed by atoms with E-state index in [0.717, 1.165) is 44.7 Å². The van der Waals surface area contributed by atoms with Gasteiger partial charge in [-0.1, -0.05) is 11.6 Å². The molecule has 3 N–H and O–H groups in total. The van der Waals surface area contributed by atoms with Crippen molar-refractivity contribution in [1.82, 2.24) is 25.2 Å². The average molecular weight is 638 g/mol. The van der Waals surface area contributed by atoms with E-state index < -0.39 is 40.5 Å². The number of rotatable bonds is 5. The number of nitrogens with one attached hydrogen (secondary N) is 1. The Labute approximate surface area is 256 Å². The SMILES string of the molecule is Cc1cc(N)nc(-c2c(Cl)cc3c(N4CC[C@H]5CC[C@@H](C4)N5)nc(OC[C@]45CCCN4C[C@H](F)C5)nc3c2F)c1C(F)(F)F. The Balaban J connectivity index is 1.37. The smallest absolute Gasteiger partial charge is 0.418 e. The molecule has 2 bridgehead atoms. The van der Waals surface area contributed by atoms with Crippen LogP contribution in [0.5, 0.6) is 6.01 Å². The van der Waals surface area contributed by atoms with Crippen molar-refractivity contribution >= 4 is 34.1 Å². The van der Waals surface area contributed by atoms with E-state index >= 15 is 4.39 Å². The zero-order chi connectivity index (χ0) is 31.0. The summed E-state index contributed by atoms with van der Waals surface area (Å²) in [6.07, 6.45) is -0.938. The zero-order valence-electron chi connectivity index (χ0n) is 24.2. The van der Waals surface area contributed by atoms with Gasteiger partial charge in [0.05, 0.1) is 27.4 Å². The molecule has 2 aromatic heterocycles. The first-order chi connectivity index (χ1) is 20.9. The molecule has 0 unspecified atom stereocenters. The van der Waals surface area contributed by atoms with E-state index in [2.05, 4.69) is 20.2 Å². The fourth-order valence-corrected chi connectivity index (χ4v) is 7.98. The second-order valence-electron chi connectivity index (χ2n) is 12.6. The van der Waals surface area contributed by atoms with Crippen LogP contribution in [0.4, 0.5) is 33.6 Å². The van der Waals surface area contributed by atoms with E-state index in [4.69, 9.17) is 27.1 Å². The maximum atomic E-state index is 16.6. The van der Waals surface area contributed by atoms with Crippen LogP contribution < -0.4 is 20.7 Å². The molecule has 4 fully saturated rings. The quantitative estimate of drug-likeness (QED) is 0.346. The van der Waals surface area contributed by atoms with Gasteiger partial charge in [0.15, 0.2) is 5.82 Å². The minimum atomic E-state index is -4.85. The monoisotopic (exact) mass is 637 g/mol. The molecule has 4 saturated heterocycles. The van der Waals surface area contributed by atoms with Gasteiger partial charge in [0.25, 0.3) is 0 Å². The first-order valence-corrected chi connectivity index (χ1v) is 15.4. The van der Waals surface area contributed by atoms with Crippen LogP contribution in [0.3, 0.4) is 0 Å². The van der Waals surface area contributed by atoms with Crippen molar-refractivity contribution in [1.29, 1.82) is 0 Å². The molecular weight excluding hydrogens is 605 g/mol. The lowest BCUT2D eigenvalue weighted by molar-refractivity contribution is -0.137. The lowest BCUT2D eigenvalue weighted by atomic mass is 9.95. The highest BCUT2D eigenvalue weighted by atomic mass is 35.5. The summed E-state index contributed by atoms with van der Waals surface area (Å²) in [5.41, 5.74) is 2.49. The van der Waals surface area contributed by atoms with Crippen LogP contribution in [0.15, 0.2) is 12.1 Å². The maximum absolute atomic E-state index is 16.6. The maximum Gasteiger partial charge on any atom is 0.418 e. The predicted octanol–water partition coefficient (Wildman–Crippen LogP) is 5.68. The molecule has 0 amide bonds. The van der Waals surface area contributed by atoms with Crippen LogP contribution >= 0.6 is 11.6 Å². The molecule has 236 valence electrons. The number of aromatic nitrogens is 3. The Bertz CT molecular complexity index is 1620. The summed E-state index contributed by atoms with van der Waals surface area (Å²) in [5.74, 6) is -0.900. The molecule has 44 heavy (non-hydrogen) atoms. The van der Waals surface area contributed by atoms with Gasteiger partial charge in [0.1, 0.15) is 29.9 Å². The molecule has 14 heteroatoms. The molecule has 8 nitrogen and oxygen atoms in total. The molecule has 0 aliphatic carbocycles. The van der Waals surface area contributed by atoms with Gasteiger partial charge in [0.2, 0.25) is 0 Å². The summed E-state index contributed by atoms with van der Waals surface area (Å²) < 4.78 is 79.9. The van der Waals surface area contributed by atoms with Crippen molar-refractivity contribution < 1.29 is 26.7 Å². The molecule has 1 aromatic carbocycles. The number of ether oxygens (including phenoxy) is 1. The van der Waals surface area contributed by atoms with Gasteiger partial charge in [-0.3, -0.25) is 4.90 Å². The molecule has 6 heterocycles. The largest absolute Gasteiger partial charge is 0.461 e. The van der Waals surface area contributed by atoms with Crippen molar-refractivity contribution in [2.45, 2.75) is 75.4 Å². The second kappa shape index (κ2) is 10.8. The Morgan fingerprint density at radius 2 is 1.91 bits per heavy atom. The molecule has 4 atom stereocenters. The van der Waals surface area contributed by atoms with Gasteiger partial charge in [-0.05, 0) is 63.3 Å². The fraction of sp³-hybridized carbons (Fsp3) is 0.567. The number of nitrogens with two attached hydrogens (primary N) is 1. The van der Waals surface area contributed by atoms with Gasteiger partial charge in [-0.15, -0.1) is 0 Å². The van der Waals surface area contributed by atoms with Crippen molar-refractivity contribution in [2.75, 3.05) is 43.4 Å². The van der Waals surface area contributed by atoms with E-state index in [0.29, 0.717) is 37.9 Å². The minimum absolute atomic E-state index is 0.112.